The van der Waals surface area contributed by atoms with Gasteiger partial charge >= 0.3 is 0 Å². The average molecular weight is 381 g/mol. The predicted octanol–water partition coefficient (Wildman–Crippen LogP) is 1.62. The van der Waals surface area contributed by atoms with Gasteiger partial charge in [0.2, 0.25) is 18.8 Å². The van der Waals surface area contributed by atoms with Crippen molar-refractivity contribution in [3.63, 3.8) is 0 Å². The van der Waals surface area contributed by atoms with Crippen LogP contribution in [-0.2, 0) is 14.4 Å². The van der Waals surface area contributed by atoms with E-state index in [2.05, 4.69) is 5.16 Å². The molecule has 1 fully saturated rings. The lowest BCUT2D eigenvalue weighted by Crippen LogP contribution is -2.33. The van der Waals surface area contributed by atoms with Gasteiger partial charge < -0.3 is 14.3 Å². The number of carbonyl (C=O) groups is 2. The van der Waals surface area contributed by atoms with Crippen molar-refractivity contribution in [1.29, 1.82) is 0 Å². The number of ether oxygens (including phenoxy) is 2. The molecule has 3 aliphatic rings. The van der Waals surface area contributed by atoms with Crippen molar-refractivity contribution in [2.45, 2.75) is 6.10 Å². The third-order valence-electron chi connectivity index (χ3n) is 4.80. The molecule has 0 saturated carbocycles. The van der Waals surface area contributed by atoms with E-state index in [0.29, 0.717) is 22.7 Å². The number of carbonyl (C=O) groups excluding carboxylic acids is 2. The molecule has 0 spiro atoms. The number of rotatable bonds is 3. The van der Waals surface area contributed by atoms with Gasteiger partial charge in [0.05, 0.1) is 10.6 Å². The smallest absolute Gasteiger partial charge is 0.278 e. The van der Waals surface area contributed by atoms with Crippen LogP contribution < -0.4 is 14.4 Å². The van der Waals surface area contributed by atoms with Crippen molar-refractivity contribution >= 4 is 28.9 Å². The zero-order valence-corrected chi connectivity index (χ0v) is 14.1. The number of imide groups is 1. The third-order valence-corrected chi connectivity index (χ3v) is 4.80. The van der Waals surface area contributed by atoms with Crippen LogP contribution in [0.1, 0.15) is 5.56 Å². The van der Waals surface area contributed by atoms with E-state index in [-0.39, 0.29) is 18.2 Å². The molecule has 10 nitrogen and oxygen atoms in total. The quantitative estimate of drug-likeness (QED) is 0.450. The van der Waals surface area contributed by atoms with E-state index >= 15 is 0 Å². The molecule has 2 atom stereocenters. The van der Waals surface area contributed by atoms with E-state index in [1.54, 1.807) is 18.2 Å². The number of hydrogen-bond donors (Lipinski definition) is 0. The molecule has 3 heterocycles. The normalized spacial score (nSPS) is 22.1. The van der Waals surface area contributed by atoms with E-state index < -0.39 is 28.8 Å². The Kier molecular flexibility index (Phi) is 3.35. The Morgan fingerprint density at radius 1 is 1.04 bits per heavy atom. The lowest BCUT2D eigenvalue weighted by Gasteiger charge is -2.15. The predicted molar refractivity (Wildman–Crippen MR) is 93.1 cm³/mol. The molecular formula is C18H11N3O7. The molecule has 0 N–H and O–H groups in total. The maximum Gasteiger partial charge on any atom is 0.278 e. The molecule has 3 aliphatic heterocycles. The van der Waals surface area contributed by atoms with Gasteiger partial charge in [-0.1, -0.05) is 5.16 Å². The second-order valence-corrected chi connectivity index (χ2v) is 6.33. The molecule has 28 heavy (non-hydrogen) atoms. The Morgan fingerprint density at radius 3 is 2.54 bits per heavy atom. The maximum absolute atomic E-state index is 13.0. The summed E-state index contributed by atoms with van der Waals surface area (Å²) in [7, 11) is 0. The van der Waals surface area contributed by atoms with Crippen LogP contribution in [0.3, 0.4) is 0 Å². The minimum atomic E-state index is -1.07. The largest absolute Gasteiger partial charge is 0.454 e. The minimum Gasteiger partial charge on any atom is -0.454 e. The first kappa shape index (κ1) is 16.2. The van der Waals surface area contributed by atoms with Crippen molar-refractivity contribution in [1.82, 2.24) is 0 Å². The molecule has 0 radical (unpaired) electrons. The molecule has 2 aromatic rings. The Balaban J connectivity index is 1.47. The highest BCUT2D eigenvalue weighted by atomic mass is 16.7. The molecule has 1 saturated heterocycles. The summed E-state index contributed by atoms with van der Waals surface area (Å²) in [5, 5.41) is 14.7. The van der Waals surface area contributed by atoms with Gasteiger partial charge in [0.15, 0.2) is 11.5 Å². The number of benzene rings is 2. The number of fused-ring (bicyclic) bond motifs is 2. The van der Waals surface area contributed by atoms with E-state index in [1.165, 1.54) is 24.3 Å². The SMILES string of the molecule is O=C1[C@@H]2C(c3ccc([N+](=O)[O-])cc3)=NO[C@@H]2C(=O)N1c1ccc2c(c1)OCO2. The van der Waals surface area contributed by atoms with Crippen molar-refractivity contribution < 1.29 is 28.8 Å². The highest BCUT2D eigenvalue weighted by Crippen LogP contribution is 2.40. The number of nitro groups is 1. The molecule has 0 unspecified atom stereocenters. The topological polar surface area (TPSA) is 121 Å². The first-order valence-corrected chi connectivity index (χ1v) is 8.30. The molecule has 0 bridgehead atoms. The van der Waals surface area contributed by atoms with E-state index in [9.17, 15) is 19.7 Å². The summed E-state index contributed by atoms with van der Waals surface area (Å²) in [6.07, 6.45) is -1.07. The van der Waals surface area contributed by atoms with Gasteiger partial charge in [-0.05, 0) is 24.3 Å². The van der Waals surface area contributed by atoms with Crippen LogP contribution in [0.15, 0.2) is 47.6 Å². The monoisotopic (exact) mass is 381 g/mol. The molecule has 2 aromatic carbocycles. The highest BCUT2D eigenvalue weighted by Gasteiger charge is 2.56. The number of amides is 2. The molecular weight excluding hydrogens is 370 g/mol. The Morgan fingerprint density at radius 2 is 1.79 bits per heavy atom. The number of hydrogen-bond acceptors (Lipinski definition) is 8. The highest BCUT2D eigenvalue weighted by molar-refractivity contribution is 6.32. The van der Waals surface area contributed by atoms with Crippen LogP contribution in [0.5, 0.6) is 11.5 Å². The van der Waals surface area contributed by atoms with E-state index in [0.717, 1.165) is 4.90 Å². The molecule has 10 heteroatoms. The van der Waals surface area contributed by atoms with Crippen molar-refractivity contribution in [3.8, 4) is 11.5 Å². The van der Waals surface area contributed by atoms with Crippen LogP contribution in [0, 0.1) is 16.0 Å². The van der Waals surface area contributed by atoms with Crippen molar-refractivity contribution in [2.75, 3.05) is 11.7 Å². The van der Waals surface area contributed by atoms with Gasteiger partial charge in [0.25, 0.3) is 11.6 Å². The first-order valence-electron chi connectivity index (χ1n) is 8.30. The summed E-state index contributed by atoms with van der Waals surface area (Å²) in [6.45, 7) is 0.0754. The van der Waals surface area contributed by atoms with Gasteiger partial charge in [-0.2, -0.15) is 0 Å². The molecule has 140 valence electrons. The van der Waals surface area contributed by atoms with Crippen molar-refractivity contribution in [2.24, 2.45) is 11.1 Å². The Labute approximate surface area is 157 Å². The molecule has 5 rings (SSSR count). The van der Waals surface area contributed by atoms with Gasteiger partial charge in [-0.25, -0.2) is 4.90 Å². The van der Waals surface area contributed by atoms with Crippen molar-refractivity contribution in [3.05, 3.63) is 58.1 Å². The molecule has 0 aliphatic carbocycles. The summed E-state index contributed by atoms with van der Waals surface area (Å²) < 4.78 is 10.5. The summed E-state index contributed by atoms with van der Waals surface area (Å²) in [4.78, 5) is 42.4. The summed E-state index contributed by atoms with van der Waals surface area (Å²) in [5.74, 6) is -0.954. The molecule has 2 amide bonds. The van der Waals surface area contributed by atoms with Gasteiger partial charge in [0, 0.05) is 23.8 Å². The van der Waals surface area contributed by atoms with Crippen LogP contribution >= 0.6 is 0 Å². The van der Waals surface area contributed by atoms with Gasteiger partial charge in [-0.3, -0.25) is 19.7 Å². The van der Waals surface area contributed by atoms with Gasteiger partial charge in [-0.15, -0.1) is 0 Å². The zero-order chi connectivity index (χ0) is 19.4. The van der Waals surface area contributed by atoms with Crippen LogP contribution in [0.2, 0.25) is 0 Å². The number of nitrogens with zero attached hydrogens (tertiary/aromatic N) is 3. The molecule has 0 aromatic heterocycles. The number of nitro benzene ring substituents is 1. The van der Waals surface area contributed by atoms with Crippen LogP contribution in [0.4, 0.5) is 11.4 Å². The fraction of sp³-hybridized carbons (Fsp3) is 0.167. The first-order chi connectivity index (χ1) is 13.5. The number of oxime groups is 1. The number of anilines is 1. The third kappa shape index (κ3) is 2.24. The van der Waals surface area contributed by atoms with Gasteiger partial charge in [0.1, 0.15) is 11.6 Å². The van der Waals surface area contributed by atoms with E-state index in [1.807, 2.05) is 0 Å². The Hall–Kier alpha value is -3.95. The minimum absolute atomic E-state index is 0.0754. The fourth-order valence-electron chi connectivity index (χ4n) is 3.45. The van der Waals surface area contributed by atoms with Crippen LogP contribution in [-0.4, -0.2) is 35.3 Å². The second kappa shape index (κ2) is 5.78. The van der Waals surface area contributed by atoms with E-state index in [4.69, 9.17) is 14.3 Å². The Bertz CT molecular complexity index is 1060. The lowest BCUT2D eigenvalue weighted by atomic mass is 9.94. The number of non-ortho nitro benzene ring substituents is 1. The maximum atomic E-state index is 13.0. The zero-order valence-electron chi connectivity index (χ0n) is 14.1. The summed E-state index contributed by atoms with van der Waals surface area (Å²) >= 11 is 0. The van der Waals surface area contributed by atoms with Crippen LogP contribution in [0.25, 0.3) is 0 Å². The standard InChI is InChI=1S/C18H11N3O7/c22-17-14-15(9-1-3-10(4-2-9)21(24)25)19-28-16(14)18(23)20(17)11-5-6-12-13(7-11)27-8-26-12/h1-7,14,16H,8H2/t14-,16+/m1/s1. The second-order valence-electron chi connectivity index (χ2n) is 6.33. The average Bonchev–Trinajstić information content (AvgIpc) is 3.39. The summed E-state index contributed by atoms with van der Waals surface area (Å²) in [6, 6.07) is 10.3. The summed E-state index contributed by atoms with van der Waals surface area (Å²) in [5.41, 5.74) is 1.00. The fourth-order valence-corrected chi connectivity index (χ4v) is 3.45. The lowest BCUT2D eigenvalue weighted by molar-refractivity contribution is -0.384.